The number of carboxylic acid groups (broad SMARTS) is 1. The van der Waals surface area contributed by atoms with Crippen LogP contribution in [0.15, 0.2) is 18.2 Å². The summed E-state index contributed by atoms with van der Waals surface area (Å²) in [5, 5.41) is 8.88. The number of rotatable bonds is 8. The van der Waals surface area contributed by atoms with Gasteiger partial charge in [-0.25, -0.2) is 4.79 Å². The molecular formula is C12H17NO5. The van der Waals surface area contributed by atoms with Gasteiger partial charge in [-0.05, 0) is 18.2 Å². The first-order valence-corrected chi connectivity index (χ1v) is 5.47. The molecule has 0 aliphatic carbocycles. The molecule has 0 saturated carbocycles. The molecule has 6 nitrogen and oxygen atoms in total. The molecule has 0 spiro atoms. The molecule has 0 saturated heterocycles. The number of carbonyl (C=O) groups is 1. The van der Waals surface area contributed by atoms with Gasteiger partial charge in [-0.15, -0.1) is 0 Å². The van der Waals surface area contributed by atoms with E-state index >= 15 is 0 Å². The summed E-state index contributed by atoms with van der Waals surface area (Å²) in [7, 11) is 1.60. The van der Waals surface area contributed by atoms with Gasteiger partial charge in [-0.2, -0.15) is 0 Å². The molecule has 100 valence electrons. The van der Waals surface area contributed by atoms with E-state index in [1.54, 1.807) is 13.2 Å². The Morgan fingerprint density at radius 2 is 2.00 bits per heavy atom. The minimum Gasteiger partial charge on any atom is -0.491 e. The number of benzene rings is 1. The van der Waals surface area contributed by atoms with E-state index in [9.17, 15) is 4.79 Å². The Bertz CT molecular complexity index is 394. The number of hydrogen-bond acceptors (Lipinski definition) is 5. The van der Waals surface area contributed by atoms with E-state index < -0.39 is 5.97 Å². The molecule has 1 aromatic rings. The number of carboxylic acids is 1. The van der Waals surface area contributed by atoms with E-state index in [2.05, 4.69) is 0 Å². The van der Waals surface area contributed by atoms with Gasteiger partial charge < -0.3 is 25.1 Å². The zero-order chi connectivity index (χ0) is 13.4. The number of aromatic carboxylic acids is 1. The molecule has 0 radical (unpaired) electrons. The molecule has 1 aromatic carbocycles. The van der Waals surface area contributed by atoms with Crippen LogP contribution >= 0.6 is 0 Å². The number of ether oxygens (including phenoxy) is 3. The molecule has 0 heterocycles. The van der Waals surface area contributed by atoms with Crippen molar-refractivity contribution in [2.75, 3.05) is 39.3 Å². The predicted octanol–water partition coefficient (Wildman–Crippen LogP) is 1.01. The lowest BCUT2D eigenvalue weighted by molar-refractivity contribution is 0.0543. The van der Waals surface area contributed by atoms with Crippen LogP contribution in [-0.2, 0) is 9.47 Å². The first kappa shape index (κ1) is 14.3. The molecule has 0 aliphatic heterocycles. The van der Waals surface area contributed by atoms with Gasteiger partial charge in [0.05, 0.1) is 25.4 Å². The van der Waals surface area contributed by atoms with E-state index in [0.29, 0.717) is 32.2 Å². The van der Waals surface area contributed by atoms with E-state index in [1.807, 2.05) is 0 Å². The van der Waals surface area contributed by atoms with Crippen LogP contribution in [0.2, 0.25) is 0 Å². The fraction of sp³-hybridized carbons (Fsp3) is 0.417. The van der Waals surface area contributed by atoms with Crippen LogP contribution in [0, 0.1) is 0 Å². The van der Waals surface area contributed by atoms with E-state index in [1.165, 1.54) is 12.1 Å². The van der Waals surface area contributed by atoms with Crippen LogP contribution in [0.5, 0.6) is 5.75 Å². The molecule has 18 heavy (non-hydrogen) atoms. The van der Waals surface area contributed by atoms with Crippen molar-refractivity contribution < 1.29 is 24.1 Å². The summed E-state index contributed by atoms with van der Waals surface area (Å²) in [4.78, 5) is 10.8. The van der Waals surface area contributed by atoms with Gasteiger partial charge in [0.1, 0.15) is 12.4 Å². The highest BCUT2D eigenvalue weighted by Crippen LogP contribution is 2.19. The van der Waals surface area contributed by atoms with Gasteiger partial charge in [0.25, 0.3) is 0 Å². The molecule has 0 atom stereocenters. The van der Waals surface area contributed by atoms with Crippen molar-refractivity contribution in [3.63, 3.8) is 0 Å². The summed E-state index contributed by atoms with van der Waals surface area (Å²) in [6.07, 6.45) is 0. The molecule has 0 bridgehead atoms. The van der Waals surface area contributed by atoms with Gasteiger partial charge >= 0.3 is 5.97 Å². The maximum Gasteiger partial charge on any atom is 0.337 e. The number of anilines is 1. The van der Waals surface area contributed by atoms with Gasteiger partial charge in [-0.1, -0.05) is 0 Å². The summed E-state index contributed by atoms with van der Waals surface area (Å²) in [5.41, 5.74) is 5.77. The molecule has 0 unspecified atom stereocenters. The van der Waals surface area contributed by atoms with Crippen molar-refractivity contribution in [3.8, 4) is 5.75 Å². The van der Waals surface area contributed by atoms with Gasteiger partial charge in [0, 0.05) is 12.8 Å². The summed E-state index contributed by atoms with van der Waals surface area (Å²) in [5.74, 6) is -0.619. The van der Waals surface area contributed by atoms with Gasteiger partial charge in [0.15, 0.2) is 0 Å². The lowest BCUT2D eigenvalue weighted by Gasteiger charge is -2.08. The minimum absolute atomic E-state index is 0.0350. The third-order valence-electron chi connectivity index (χ3n) is 2.18. The highest BCUT2D eigenvalue weighted by molar-refractivity contribution is 5.94. The molecule has 0 aliphatic rings. The third kappa shape index (κ3) is 4.60. The Morgan fingerprint density at radius 3 is 2.67 bits per heavy atom. The van der Waals surface area contributed by atoms with Crippen LogP contribution in [0.25, 0.3) is 0 Å². The summed E-state index contributed by atoms with van der Waals surface area (Å²) >= 11 is 0. The van der Waals surface area contributed by atoms with Crippen LogP contribution in [-0.4, -0.2) is 44.6 Å². The predicted molar refractivity (Wildman–Crippen MR) is 66.0 cm³/mol. The average molecular weight is 255 g/mol. The zero-order valence-corrected chi connectivity index (χ0v) is 10.2. The maximum absolute atomic E-state index is 10.8. The fourth-order valence-corrected chi connectivity index (χ4v) is 1.27. The standard InChI is InChI=1S/C12H17NO5/c1-16-4-5-17-6-7-18-9-2-3-11(13)10(8-9)12(14)15/h2-3,8H,4-7,13H2,1H3,(H,14,15). The van der Waals surface area contributed by atoms with Crippen molar-refractivity contribution in [2.45, 2.75) is 0 Å². The normalized spacial score (nSPS) is 10.3. The van der Waals surface area contributed by atoms with Gasteiger partial charge in [0.2, 0.25) is 0 Å². The molecule has 6 heteroatoms. The number of methoxy groups -OCH3 is 1. The maximum atomic E-state index is 10.8. The lowest BCUT2D eigenvalue weighted by atomic mass is 10.2. The summed E-state index contributed by atoms with van der Waals surface area (Å²) < 4.78 is 15.4. The smallest absolute Gasteiger partial charge is 0.337 e. The van der Waals surface area contributed by atoms with Crippen molar-refractivity contribution in [2.24, 2.45) is 0 Å². The SMILES string of the molecule is COCCOCCOc1ccc(N)c(C(=O)O)c1. The largest absolute Gasteiger partial charge is 0.491 e. The Morgan fingerprint density at radius 1 is 1.28 bits per heavy atom. The molecule has 0 amide bonds. The topological polar surface area (TPSA) is 91.0 Å². The molecular weight excluding hydrogens is 238 g/mol. The number of nitrogens with two attached hydrogens (primary N) is 1. The summed E-state index contributed by atoms with van der Waals surface area (Å²) in [6, 6.07) is 4.52. The van der Waals surface area contributed by atoms with Crippen molar-refractivity contribution in [1.29, 1.82) is 0 Å². The van der Waals surface area contributed by atoms with Crippen LogP contribution in [0.3, 0.4) is 0 Å². The molecule has 1 rings (SSSR count). The fourth-order valence-electron chi connectivity index (χ4n) is 1.27. The second kappa shape index (κ2) is 7.52. The first-order chi connectivity index (χ1) is 8.65. The molecule has 3 N–H and O–H groups in total. The second-order valence-corrected chi connectivity index (χ2v) is 3.51. The van der Waals surface area contributed by atoms with Gasteiger partial charge in [-0.3, -0.25) is 0 Å². The number of nitrogen functional groups attached to an aromatic ring is 1. The molecule has 0 fully saturated rings. The summed E-state index contributed by atoms with van der Waals surface area (Å²) in [6.45, 7) is 1.79. The minimum atomic E-state index is -1.07. The Labute approximate surface area is 105 Å². The number of hydrogen-bond donors (Lipinski definition) is 2. The van der Waals surface area contributed by atoms with Crippen LogP contribution in [0.4, 0.5) is 5.69 Å². The Hall–Kier alpha value is -1.79. The highest BCUT2D eigenvalue weighted by Gasteiger charge is 2.08. The Kier molecular flexibility index (Phi) is 5.96. The first-order valence-electron chi connectivity index (χ1n) is 5.47. The van der Waals surface area contributed by atoms with Crippen LogP contribution < -0.4 is 10.5 Å². The third-order valence-corrected chi connectivity index (χ3v) is 2.18. The second-order valence-electron chi connectivity index (χ2n) is 3.51. The van der Waals surface area contributed by atoms with E-state index in [0.717, 1.165) is 0 Å². The molecule has 0 aromatic heterocycles. The van der Waals surface area contributed by atoms with Crippen molar-refractivity contribution >= 4 is 11.7 Å². The average Bonchev–Trinajstić information content (AvgIpc) is 2.35. The van der Waals surface area contributed by atoms with Crippen molar-refractivity contribution in [3.05, 3.63) is 23.8 Å². The Balaban J connectivity index is 2.38. The van der Waals surface area contributed by atoms with Crippen LogP contribution in [0.1, 0.15) is 10.4 Å². The monoisotopic (exact) mass is 255 g/mol. The van der Waals surface area contributed by atoms with E-state index in [-0.39, 0.29) is 11.3 Å². The zero-order valence-electron chi connectivity index (χ0n) is 10.2. The van der Waals surface area contributed by atoms with Crippen molar-refractivity contribution in [1.82, 2.24) is 0 Å². The quantitative estimate of drug-likeness (QED) is 0.532. The van der Waals surface area contributed by atoms with E-state index in [4.69, 9.17) is 25.1 Å². The highest BCUT2D eigenvalue weighted by atomic mass is 16.5. The lowest BCUT2D eigenvalue weighted by Crippen LogP contribution is -2.10.